The van der Waals surface area contributed by atoms with E-state index in [0.29, 0.717) is 27.6 Å². The van der Waals surface area contributed by atoms with Crippen molar-refractivity contribution in [3.05, 3.63) is 105 Å². The van der Waals surface area contributed by atoms with E-state index in [4.69, 9.17) is 5.21 Å². The molecule has 3 aromatic carbocycles. The molecule has 0 aliphatic carbocycles. The number of para-hydroxylation sites is 2. The van der Waals surface area contributed by atoms with Crippen molar-refractivity contribution in [2.45, 2.75) is 0 Å². The Kier molecular flexibility index (Phi) is 5.11. The molecule has 8 heteroatoms. The van der Waals surface area contributed by atoms with Crippen LogP contribution in [0.3, 0.4) is 0 Å². The third kappa shape index (κ3) is 3.58. The van der Waals surface area contributed by atoms with Crippen molar-refractivity contribution in [2.75, 3.05) is 0 Å². The van der Waals surface area contributed by atoms with Crippen molar-refractivity contribution in [1.29, 1.82) is 0 Å². The minimum Gasteiger partial charge on any atom is -0.411 e. The number of fused-ring (bicyclic) bond motifs is 1. The highest BCUT2D eigenvalue weighted by Gasteiger charge is 2.20. The number of nitro benzene ring substituents is 1. The Labute approximate surface area is 176 Å². The molecule has 0 radical (unpaired) electrons. The van der Waals surface area contributed by atoms with Gasteiger partial charge in [0.25, 0.3) is 11.2 Å². The molecule has 0 spiro atoms. The number of nitro groups is 1. The molecule has 31 heavy (non-hydrogen) atoms. The number of rotatable bonds is 5. The van der Waals surface area contributed by atoms with Crippen LogP contribution in [0.5, 0.6) is 0 Å². The van der Waals surface area contributed by atoms with Crippen LogP contribution in [-0.2, 0) is 0 Å². The van der Waals surface area contributed by atoms with Crippen molar-refractivity contribution in [2.24, 2.45) is 5.16 Å². The Morgan fingerprint density at radius 1 is 1.03 bits per heavy atom. The summed E-state index contributed by atoms with van der Waals surface area (Å²) in [5.41, 5.74) is 1.81. The van der Waals surface area contributed by atoms with E-state index >= 15 is 0 Å². The molecule has 1 aromatic heterocycles. The molecule has 0 saturated carbocycles. The van der Waals surface area contributed by atoms with Gasteiger partial charge in [0.05, 0.1) is 22.2 Å². The first-order valence-electron chi connectivity index (χ1n) is 9.24. The van der Waals surface area contributed by atoms with E-state index in [1.807, 2.05) is 6.07 Å². The van der Waals surface area contributed by atoms with Crippen LogP contribution in [0.15, 0.2) is 83.3 Å². The van der Waals surface area contributed by atoms with Gasteiger partial charge in [-0.05, 0) is 41.5 Å². The second-order valence-corrected chi connectivity index (χ2v) is 6.69. The van der Waals surface area contributed by atoms with Gasteiger partial charge in [0.1, 0.15) is 5.69 Å². The lowest BCUT2D eigenvalue weighted by Crippen LogP contribution is -2.23. The van der Waals surface area contributed by atoms with E-state index in [9.17, 15) is 14.9 Å². The summed E-state index contributed by atoms with van der Waals surface area (Å²) >= 11 is 0. The number of benzene rings is 3. The van der Waals surface area contributed by atoms with Gasteiger partial charge in [0.2, 0.25) is 0 Å². The zero-order valence-electron chi connectivity index (χ0n) is 16.2. The lowest BCUT2D eigenvalue weighted by molar-refractivity contribution is -0.384. The molecule has 0 aliphatic heterocycles. The molecule has 0 atom stereocenters. The van der Waals surface area contributed by atoms with Gasteiger partial charge in [0, 0.05) is 17.0 Å². The van der Waals surface area contributed by atoms with Crippen LogP contribution in [0.1, 0.15) is 11.1 Å². The maximum Gasteiger partial charge on any atom is 0.295 e. The normalized spacial score (nSPS) is 11.1. The fraction of sp³-hybridized carbons (Fsp3) is 0. The summed E-state index contributed by atoms with van der Waals surface area (Å²) < 4.78 is 1.05. The SMILES string of the molecule is C=Cc1cc(/C=N/O)cc(-c2nn(-c3ccccc3[N+](=O)[O-])c(=O)c3ccccc23)c1. The van der Waals surface area contributed by atoms with E-state index in [1.54, 1.807) is 48.5 Å². The van der Waals surface area contributed by atoms with Crippen LogP contribution in [-0.4, -0.2) is 26.1 Å². The number of oxime groups is 1. The van der Waals surface area contributed by atoms with Crippen LogP contribution in [0, 0.1) is 10.1 Å². The lowest BCUT2D eigenvalue weighted by atomic mass is 10.00. The Balaban J connectivity index is 2.10. The molecule has 1 heterocycles. The number of nitrogens with zero attached hydrogens (tertiary/aromatic N) is 4. The fourth-order valence-electron chi connectivity index (χ4n) is 3.44. The predicted octanol–water partition coefficient (Wildman–Crippen LogP) is 4.41. The lowest BCUT2D eigenvalue weighted by Gasteiger charge is -2.12. The molecule has 4 rings (SSSR count). The third-order valence-corrected chi connectivity index (χ3v) is 4.81. The first-order valence-corrected chi connectivity index (χ1v) is 9.24. The molecule has 152 valence electrons. The van der Waals surface area contributed by atoms with Crippen LogP contribution in [0.2, 0.25) is 0 Å². The van der Waals surface area contributed by atoms with Crippen LogP contribution >= 0.6 is 0 Å². The molecule has 8 nitrogen and oxygen atoms in total. The van der Waals surface area contributed by atoms with Crippen molar-refractivity contribution < 1.29 is 10.1 Å². The fourth-order valence-corrected chi connectivity index (χ4v) is 3.44. The summed E-state index contributed by atoms with van der Waals surface area (Å²) in [6.45, 7) is 3.78. The Morgan fingerprint density at radius 2 is 1.71 bits per heavy atom. The van der Waals surface area contributed by atoms with Gasteiger partial charge in [0.15, 0.2) is 0 Å². The summed E-state index contributed by atoms with van der Waals surface area (Å²) in [6, 6.07) is 18.2. The van der Waals surface area contributed by atoms with Crippen LogP contribution in [0.25, 0.3) is 33.8 Å². The zero-order valence-corrected chi connectivity index (χ0v) is 16.2. The highest BCUT2D eigenvalue weighted by molar-refractivity contribution is 5.95. The minimum absolute atomic E-state index is 0.0709. The molecular formula is C23H16N4O4. The Hall–Kier alpha value is -4.59. The standard InChI is InChI=1S/C23H16N4O4/c1-2-15-11-16(14-24-29)13-17(12-15)22-18-7-3-4-8-19(18)23(28)26(25-22)20-9-5-6-10-21(20)27(30)31/h2-14,29H,1H2/b24-14+. The topological polar surface area (TPSA) is 111 Å². The largest absolute Gasteiger partial charge is 0.411 e. The molecule has 0 unspecified atom stereocenters. The smallest absolute Gasteiger partial charge is 0.295 e. The average molecular weight is 412 g/mol. The molecule has 0 amide bonds. The van der Waals surface area contributed by atoms with Crippen molar-refractivity contribution in [1.82, 2.24) is 9.78 Å². The van der Waals surface area contributed by atoms with Crippen LogP contribution in [0.4, 0.5) is 5.69 Å². The van der Waals surface area contributed by atoms with E-state index < -0.39 is 10.5 Å². The van der Waals surface area contributed by atoms with E-state index in [-0.39, 0.29) is 11.4 Å². The number of aromatic nitrogens is 2. The van der Waals surface area contributed by atoms with Gasteiger partial charge in [-0.3, -0.25) is 14.9 Å². The third-order valence-electron chi connectivity index (χ3n) is 4.81. The summed E-state index contributed by atoms with van der Waals surface area (Å²) in [5, 5.41) is 29.0. The Morgan fingerprint density at radius 3 is 2.42 bits per heavy atom. The summed E-state index contributed by atoms with van der Waals surface area (Å²) in [4.78, 5) is 24.2. The molecule has 0 saturated heterocycles. The average Bonchev–Trinajstić information content (AvgIpc) is 2.79. The van der Waals surface area contributed by atoms with Gasteiger partial charge >= 0.3 is 0 Å². The quantitative estimate of drug-likeness (QED) is 0.226. The molecular weight excluding hydrogens is 396 g/mol. The summed E-state index contributed by atoms with van der Waals surface area (Å²) in [6.07, 6.45) is 2.91. The van der Waals surface area contributed by atoms with E-state index in [0.717, 1.165) is 10.2 Å². The van der Waals surface area contributed by atoms with Crippen molar-refractivity contribution in [3.63, 3.8) is 0 Å². The predicted molar refractivity (Wildman–Crippen MR) is 119 cm³/mol. The maximum absolute atomic E-state index is 13.2. The second-order valence-electron chi connectivity index (χ2n) is 6.69. The minimum atomic E-state index is -0.549. The zero-order chi connectivity index (χ0) is 22.0. The Bertz CT molecular complexity index is 1420. The number of hydrogen-bond acceptors (Lipinski definition) is 6. The highest BCUT2D eigenvalue weighted by atomic mass is 16.6. The first kappa shape index (κ1) is 19.7. The van der Waals surface area contributed by atoms with Gasteiger partial charge in [-0.2, -0.15) is 9.78 Å². The van der Waals surface area contributed by atoms with Gasteiger partial charge < -0.3 is 5.21 Å². The molecule has 0 fully saturated rings. The van der Waals surface area contributed by atoms with Crippen LogP contribution < -0.4 is 5.56 Å². The van der Waals surface area contributed by atoms with E-state index in [2.05, 4.69) is 16.8 Å². The first-order chi connectivity index (χ1) is 15.0. The van der Waals surface area contributed by atoms with E-state index in [1.165, 1.54) is 24.4 Å². The van der Waals surface area contributed by atoms with Gasteiger partial charge in [-0.15, -0.1) is 0 Å². The van der Waals surface area contributed by atoms with Crippen molar-refractivity contribution in [3.8, 4) is 16.9 Å². The second kappa shape index (κ2) is 8.03. The summed E-state index contributed by atoms with van der Waals surface area (Å²) in [5.74, 6) is 0. The monoisotopic (exact) mass is 412 g/mol. The van der Waals surface area contributed by atoms with Gasteiger partial charge in [-0.25, -0.2) is 0 Å². The molecule has 0 bridgehead atoms. The maximum atomic E-state index is 13.2. The summed E-state index contributed by atoms with van der Waals surface area (Å²) in [7, 11) is 0. The van der Waals surface area contributed by atoms with Crippen molar-refractivity contribution >= 4 is 28.8 Å². The molecule has 4 aromatic rings. The molecule has 1 N–H and O–H groups in total. The highest BCUT2D eigenvalue weighted by Crippen LogP contribution is 2.29. The number of hydrogen-bond donors (Lipinski definition) is 1. The van der Waals surface area contributed by atoms with Gasteiger partial charge in [-0.1, -0.05) is 48.1 Å². The molecule has 0 aliphatic rings.